The molecule has 1 saturated heterocycles. The van der Waals surface area contributed by atoms with Crippen molar-refractivity contribution in [3.63, 3.8) is 0 Å². The number of nitrogens with one attached hydrogen (secondary N) is 1. The molecule has 0 spiro atoms. The van der Waals surface area contributed by atoms with E-state index in [1.165, 1.54) is 10.8 Å². The number of piperazine rings is 1. The van der Waals surface area contributed by atoms with Gasteiger partial charge in [-0.25, -0.2) is 0 Å². The van der Waals surface area contributed by atoms with E-state index in [-0.39, 0.29) is 5.82 Å². The summed E-state index contributed by atoms with van der Waals surface area (Å²) in [7, 11) is 1.67. The van der Waals surface area contributed by atoms with Gasteiger partial charge < -0.3 is 20.3 Å². The smallest absolute Gasteiger partial charge is 0.344 e. The lowest BCUT2D eigenvalue weighted by Crippen LogP contribution is -2.44. The fourth-order valence-corrected chi connectivity index (χ4v) is 1.72. The van der Waals surface area contributed by atoms with E-state index in [4.69, 9.17) is 0 Å². The summed E-state index contributed by atoms with van der Waals surface area (Å²) in [6, 6.07) is 0. The zero-order valence-electron chi connectivity index (χ0n) is 8.51. The van der Waals surface area contributed by atoms with Crippen molar-refractivity contribution in [3.05, 3.63) is 16.3 Å². The zero-order chi connectivity index (χ0) is 10.8. The van der Waals surface area contributed by atoms with E-state index in [0.717, 1.165) is 26.2 Å². The van der Waals surface area contributed by atoms with Crippen LogP contribution in [0.2, 0.25) is 0 Å². The van der Waals surface area contributed by atoms with Gasteiger partial charge in [-0.1, -0.05) is 0 Å². The van der Waals surface area contributed by atoms with E-state index in [1.54, 1.807) is 7.05 Å². The third-order valence-electron chi connectivity index (χ3n) is 2.53. The number of rotatable bonds is 2. The predicted molar refractivity (Wildman–Crippen MR) is 54.9 cm³/mol. The maximum Gasteiger partial charge on any atom is 0.344 e. The van der Waals surface area contributed by atoms with Gasteiger partial charge in [-0.2, -0.15) is 9.55 Å². The maximum atomic E-state index is 10.6. The topological polar surface area (TPSA) is 76.2 Å². The molecule has 0 aromatic carbocycles. The van der Waals surface area contributed by atoms with Gasteiger partial charge in [-0.15, -0.1) is 0 Å². The maximum absolute atomic E-state index is 10.6. The summed E-state index contributed by atoms with van der Waals surface area (Å²) < 4.78 is 1.52. The van der Waals surface area contributed by atoms with Gasteiger partial charge in [0.2, 0.25) is 0 Å². The van der Waals surface area contributed by atoms with Gasteiger partial charge in [0.25, 0.3) is 5.95 Å². The first-order valence-electron chi connectivity index (χ1n) is 4.82. The molecule has 1 N–H and O–H groups in total. The van der Waals surface area contributed by atoms with Crippen LogP contribution in [-0.4, -0.2) is 40.7 Å². The summed E-state index contributed by atoms with van der Waals surface area (Å²) >= 11 is 0. The molecule has 1 aromatic rings. The molecular formula is C8H13N5O2. The summed E-state index contributed by atoms with van der Waals surface area (Å²) in [5.74, 6) is 0.701. The third kappa shape index (κ3) is 1.78. The van der Waals surface area contributed by atoms with Crippen LogP contribution in [0.3, 0.4) is 0 Å². The average Bonchev–Trinajstić information content (AvgIpc) is 2.61. The van der Waals surface area contributed by atoms with Gasteiger partial charge in [0, 0.05) is 26.2 Å². The molecule has 1 aliphatic rings. The zero-order valence-corrected chi connectivity index (χ0v) is 8.51. The molecular weight excluding hydrogens is 198 g/mol. The van der Waals surface area contributed by atoms with E-state index in [0.29, 0.717) is 5.95 Å². The molecule has 0 unspecified atom stereocenters. The summed E-state index contributed by atoms with van der Waals surface area (Å²) in [5, 5.41) is 13.9. The SMILES string of the molecule is Cn1c([N+](=O)[O-])cnc1N1CCNCC1. The quantitative estimate of drug-likeness (QED) is 0.538. The summed E-state index contributed by atoms with van der Waals surface area (Å²) in [5.41, 5.74) is 0. The van der Waals surface area contributed by atoms with Crippen molar-refractivity contribution in [2.75, 3.05) is 31.1 Å². The molecule has 0 saturated carbocycles. The second-order valence-corrected chi connectivity index (χ2v) is 3.47. The van der Waals surface area contributed by atoms with Crippen molar-refractivity contribution in [2.24, 2.45) is 7.05 Å². The van der Waals surface area contributed by atoms with E-state index in [2.05, 4.69) is 10.3 Å². The van der Waals surface area contributed by atoms with Crippen molar-refractivity contribution < 1.29 is 4.92 Å². The molecule has 1 fully saturated rings. The summed E-state index contributed by atoms with van der Waals surface area (Å²) in [4.78, 5) is 16.3. The highest BCUT2D eigenvalue weighted by molar-refractivity contribution is 5.38. The van der Waals surface area contributed by atoms with Gasteiger partial charge in [0.1, 0.15) is 6.20 Å². The van der Waals surface area contributed by atoms with Crippen LogP contribution in [0.4, 0.5) is 11.8 Å². The predicted octanol–water partition coefficient (Wildman–Crippen LogP) is -0.262. The molecule has 0 aliphatic carbocycles. The Morgan fingerprint density at radius 1 is 1.53 bits per heavy atom. The van der Waals surface area contributed by atoms with Gasteiger partial charge in [0.15, 0.2) is 0 Å². The van der Waals surface area contributed by atoms with Gasteiger partial charge in [-0.05, 0) is 4.92 Å². The summed E-state index contributed by atoms with van der Waals surface area (Å²) in [6.45, 7) is 3.45. The molecule has 0 atom stereocenters. The molecule has 1 aromatic heterocycles. The fourth-order valence-electron chi connectivity index (χ4n) is 1.72. The molecule has 2 rings (SSSR count). The second kappa shape index (κ2) is 3.85. The molecule has 2 heterocycles. The fraction of sp³-hybridized carbons (Fsp3) is 0.625. The number of hydrogen-bond donors (Lipinski definition) is 1. The van der Waals surface area contributed by atoms with Crippen LogP contribution in [0, 0.1) is 10.1 Å². The first kappa shape index (κ1) is 9.91. The Morgan fingerprint density at radius 3 is 2.73 bits per heavy atom. The van der Waals surface area contributed by atoms with Crippen molar-refractivity contribution in [1.82, 2.24) is 14.9 Å². The molecule has 0 bridgehead atoms. The minimum atomic E-state index is -0.418. The number of anilines is 1. The molecule has 0 radical (unpaired) electrons. The number of hydrogen-bond acceptors (Lipinski definition) is 5. The Kier molecular flexibility index (Phi) is 2.55. The van der Waals surface area contributed by atoms with Crippen LogP contribution in [0.1, 0.15) is 0 Å². The van der Waals surface area contributed by atoms with Crippen LogP contribution < -0.4 is 10.2 Å². The molecule has 0 amide bonds. The van der Waals surface area contributed by atoms with Crippen LogP contribution in [0.25, 0.3) is 0 Å². The van der Waals surface area contributed by atoms with E-state index in [9.17, 15) is 10.1 Å². The first-order chi connectivity index (χ1) is 7.20. The monoisotopic (exact) mass is 211 g/mol. The van der Waals surface area contributed by atoms with E-state index in [1.807, 2.05) is 4.90 Å². The Morgan fingerprint density at radius 2 is 2.20 bits per heavy atom. The van der Waals surface area contributed by atoms with Crippen molar-refractivity contribution in [3.8, 4) is 0 Å². The van der Waals surface area contributed by atoms with E-state index < -0.39 is 4.92 Å². The number of imidazole rings is 1. The highest BCUT2D eigenvalue weighted by atomic mass is 16.6. The van der Waals surface area contributed by atoms with Crippen LogP contribution in [0.15, 0.2) is 6.20 Å². The Bertz CT molecular complexity index is 369. The lowest BCUT2D eigenvalue weighted by Gasteiger charge is -2.25. The molecule has 82 valence electrons. The summed E-state index contributed by atoms with van der Waals surface area (Å²) in [6.07, 6.45) is 1.30. The molecule has 15 heavy (non-hydrogen) atoms. The highest BCUT2D eigenvalue weighted by Gasteiger charge is 2.22. The minimum absolute atomic E-state index is 0.0310. The van der Waals surface area contributed by atoms with Gasteiger partial charge in [0.05, 0.1) is 7.05 Å². The van der Waals surface area contributed by atoms with Crippen LogP contribution >= 0.6 is 0 Å². The number of aromatic nitrogens is 2. The lowest BCUT2D eigenvalue weighted by atomic mass is 10.4. The minimum Gasteiger partial charge on any atom is -0.358 e. The van der Waals surface area contributed by atoms with E-state index >= 15 is 0 Å². The normalized spacial score (nSPS) is 16.7. The van der Waals surface area contributed by atoms with Crippen molar-refractivity contribution in [2.45, 2.75) is 0 Å². The Labute approximate surface area is 86.9 Å². The van der Waals surface area contributed by atoms with Crippen molar-refractivity contribution >= 4 is 11.8 Å². The molecule has 7 nitrogen and oxygen atoms in total. The Hall–Kier alpha value is -1.63. The van der Waals surface area contributed by atoms with Crippen LogP contribution in [0.5, 0.6) is 0 Å². The van der Waals surface area contributed by atoms with Crippen LogP contribution in [-0.2, 0) is 7.05 Å². The van der Waals surface area contributed by atoms with Gasteiger partial charge in [-0.3, -0.25) is 0 Å². The third-order valence-corrected chi connectivity index (χ3v) is 2.53. The molecule has 7 heteroatoms. The first-order valence-corrected chi connectivity index (χ1v) is 4.82. The second-order valence-electron chi connectivity index (χ2n) is 3.47. The highest BCUT2D eigenvalue weighted by Crippen LogP contribution is 2.19. The standard InChI is InChI=1S/C8H13N5O2/c1-11-7(13(14)15)6-10-8(11)12-4-2-9-3-5-12/h6,9H,2-5H2,1H3. The lowest BCUT2D eigenvalue weighted by molar-refractivity contribution is -0.391. The Balaban J connectivity index is 2.24. The molecule has 1 aliphatic heterocycles. The van der Waals surface area contributed by atoms with Gasteiger partial charge >= 0.3 is 5.82 Å². The number of nitro groups is 1. The largest absolute Gasteiger partial charge is 0.358 e. The van der Waals surface area contributed by atoms with Crippen molar-refractivity contribution in [1.29, 1.82) is 0 Å². The average molecular weight is 211 g/mol. The number of nitrogens with zero attached hydrogens (tertiary/aromatic N) is 4.